The molecule has 0 bridgehead atoms. The first-order valence-corrected chi connectivity index (χ1v) is 8.23. The van der Waals surface area contributed by atoms with E-state index in [4.69, 9.17) is 4.52 Å². The molecule has 0 atom stereocenters. The number of rotatable bonds is 8. The van der Waals surface area contributed by atoms with Gasteiger partial charge >= 0.3 is 5.69 Å². The Bertz CT molecular complexity index is 910. The third-order valence-electron chi connectivity index (χ3n) is 3.72. The highest BCUT2D eigenvalue weighted by Gasteiger charge is 2.07. The van der Waals surface area contributed by atoms with E-state index in [1.165, 1.54) is 9.08 Å². The molecule has 0 saturated carbocycles. The Balaban J connectivity index is 1.37. The number of aromatic nitrogens is 5. The maximum absolute atomic E-state index is 12.1. The molecule has 0 unspecified atom stereocenters. The Morgan fingerprint density at radius 2 is 2.20 bits per heavy atom. The predicted molar refractivity (Wildman–Crippen MR) is 89.1 cm³/mol. The van der Waals surface area contributed by atoms with Gasteiger partial charge in [0.15, 0.2) is 11.5 Å². The van der Waals surface area contributed by atoms with Crippen LogP contribution in [0.25, 0.3) is 5.65 Å². The van der Waals surface area contributed by atoms with Crippen molar-refractivity contribution in [3.8, 4) is 0 Å². The molecule has 25 heavy (non-hydrogen) atoms. The van der Waals surface area contributed by atoms with Crippen LogP contribution in [0.3, 0.4) is 0 Å². The largest absolute Gasteiger partial charge is 0.356 e. The van der Waals surface area contributed by atoms with Gasteiger partial charge in [0.05, 0.1) is 0 Å². The minimum Gasteiger partial charge on any atom is -0.356 e. The molecule has 1 amide bonds. The monoisotopic (exact) mass is 344 g/mol. The van der Waals surface area contributed by atoms with Crippen molar-refractivity contribution in [2.45, 2.75) is 39.2 Å². The Morgan fingerprint density at radius 1 is 1.32 bits per heavy atom. The SMILES string of the molecule is Cc1noc(CCCC(=O)NCCCn2nc3ccccn3c2=O)n1. The minimum atomic E-state index is -0.170. The first-order valence-electron chi connectivity index (χ1n) is 8.23. The van der Waals surface area contributed by atoms with Gasteiger partial charge in [-0.15, -0.1) is 5.10 Å². The van der Waals surface area contributed by atoms with Gasteiger partial charge in [-0.2, -0.15) is 4.98 Å². The van der Waals surface area contributed by atoms with Crippen LogP contribution < -0.4 is 11.0 Å². The zero-order valence-corrected chi connectivity index (χ0v) is 14.0. The topological polar surface area (TPSA) is 107 Å². The van der Waals surface area contributed by atoms with Gasteiger partial charge in [0.25, 0.3) is 0 Å². The zero-order valence-electron chi connectivity index (χ0n) is 14.0. The van der Waals surface area contributed by atoms with Crippen LogP contribution in [0.5, 0.6) is 0 Å². The Morgan fingerprint density at radius 3 is 2.96 bits per heavy atom. The normalized spacial score (nSPS) is 11.1. The summed E-state index contributed by atoms with van der Waals surface area (Å²) < 4.78 is 7.91. The number of fused-ring (bicyclic) bond motifs is 1. The second kappa shape index (κ2) is 7.73. The molecular formula is C16H20N6O3. The van der Waals surface area contributed by atoms with E-state index < -0.39 is 0 Å². The van der Waals surface area contributed by atoms with Crippen molar-refractivity contribution < 1.29 is 9.32 Å². The second-order valence-electron chi connectivity index (χ2n) is 5.73. The first-order chi connectivity index (χ1) is 12.1. The summed E-state index contributed by atoms with van der Waals surface area (Å²) in [5.41, 5.74) is 0.449. The third kappa shape index (κ3) is 4.31. The molecule has 0 fully saturated rings. The molecular weight excluding hydrogens is 324 g/mol. The Kier molecular flexibility index (Phi) is 5.22. The van der Waals surface area contributed by atoms with E-state index in [2.05, 4.69) is 20.6 Å². The lowest BCUT2D eigenvalue weighted by Gasteiger charge is -2.04. The first kappa shape index (κ1) is 16.9. The number of pyridine rings is 1. The number of nitrogens with one attached hydrogen (secondary N) is 1. The molecule has 0 aliphatic carbocycles. The lowest BCUT2D eigenvalue weighted by atomic mass is 10.2. The van der Waals surface area contributed by atoms with Crippen molar-refractivity contribution in [1.82, 2.24) is 29.6 Å². The van der Waals surface area contributed by atoms with Crippen molar-refractivity contribution in [2.75, 3.05) is 6.54 Å². The van der Waals surface area contributed by atoms with Crippen LogP contribution in [0.1, 0.15) is 31.0 Å². The van der Waals surface area contributed by atoms with E-state index in [1.807, 2.05) is 6.07 Å². The van der Waals surface area contributed by atoms with Crippen molar-refractivity contribution >= 4 is 11.6 Å². The minimum absolute atomic E-state index is 0.0291. The highest BCUT2D eigenvalue weighted by molar-refractivity contribution is 5.75. The number of amides is 1. The van der Waals surface area contributed by atoms with E-state index in [0.29, 0.717) is 56.1 Å². The summed E-state index contributed by atoms with van der Waals surface area (Å²) in [6, 6.07) is 5.41. The van der Waals surface area contributed by atoms with Crippen molar-refractivity contribution in [2.24, 2.45) is 0 Å². The highest BCUT2D eigenvalue weighted by Crippen LogP contribution is 2.02. The van der Waals surface area contributed by atoms with Crippen LogP contribution in [-0.4, -0.2) is 36.8 Å². The molecule has 0 radical (unpaired) electrons. The average Bonchev–Trinajstić information content (AvgIpc) is 3.16. The van der Waals surface area contributed by atoms with E-state index >= 15 is 0 Å². The van der Waals surface area contributed by atoms with E-state index in [-0.39, 0.29) is 11.6 Å². The molecule has 0 aromatic carbocycles. The van der Waals surface area contributed by atoms with E-state index in [9.17, 15) is 9.59 Å². The molecule has 3 aromatic rings. The van der Waals surface area contributed by atoms with E-state index in [0.717, 1.165) is 0 Å². The van der Waals surface area contributed by atoms with Crippen molar-refractivity contribution in [3.63, 3.8) is 0 Å². The summed E-state index contributed by atoms with van der Waals surface area (Å²) in [5, 5.41) is 10.8. The molecule has 3 rings (SSSR count). The molecule has 3 aromatic heterocycles. The van der Waals surface area contributed by atoms with Gasteiger partial charge in [0.2, 0.25) is 11.8 Å². The Hall–Kier alpha value is -2.97. The molecule has 0 spiro atoms. The fraction of sp³-hybridized carbons (Fsp3) is 0.438. The number of carbonyl (C=O) groups is 1. The van der Waals surface area contributed by atoms with Gasteiger partial charge in [-0.3, -0.25) is 9.20 Å². The summed E-state index contributed by atoms with van der Waals surface area (Å²) >= 11 is 0. The molecule has 0 aliphatic heterocycles. The molecule has 1 N–H and O–H groups in total. The van der Waals surface area contributed by atoms with Crippen LogP contribution in [0.15, 0.2) is 33.7 Å². The van der Waals surface area contributed by atoms with Gasteiger partial charge in [-0.25, -0.2) is 9.48 Å². The summed E-state index contributed by atoms with van der Waals surface area (Å²) in [6.45, 7) is 2.72. The molecule has 9 heteroatoms. The van der Waals surface area contributed by atoms with Crippen LogP contribution in [0.2, 0.25) is 0 Å². The zero-order chi connectivity index (χ0) is 17.6. The number of carbonyl (C=O) groups excluding carboxylic acids is 1. The van der Waals surface area contributed by atoms with Crippen LogP contribution in [0.4, 0.5) is 0 Å². The smallest absolute Gasteiger partial charge is 0.350 e. The standard InChI is InChI=1S/C16H20N6O3/c1-12-18-15(25-20-12)8-4-7-14(23)17-9-5-11-22-16(24)21-10-3-2-6-13(21)19-22/h2-3,6,10H,4-5,7-9,11H2,1H3,(H,17,23). The number of aryl methyl sites for hydroxylation is 3. The average molecular weight is 344 g/mol. The number of hydrogen-bond acceptors (Lipinski definition) is 6. The predicted octanol–water partition coefficient (Wildman–Crippen LogP) is 0.717. The number of nitrogens with zero attached hydrogens (tertiary/aromatic N) is 5. The molecule has 9 nitrogen and oxygen atoms in total. The lowest BCUT2D eigenvalue weighted by molar-refractivity contribution is -0.121. The fourth-order valence-electron chi connectivity index (χ4n) is 2.50. The third-order valence-corrected chi connectivity index (χ3v) is 3.72. The molecule has 3 heterocycles. The highest BCUT2D eigenvalue weighted by atomic mass is 16.5. The summed E-state index contributed by atoms with van der Waals surface area (Å²) in [7, 11) is 0. The maximum Gasteiger partial charge on any atom is 0.350 e. The summed E-state index contributed by atoms with van der Waals surface area (Å²) in [6.07, 6.45) is 3.96. The maximum atomic E-state index is 12.1. The number of hydrogen-bond donors (Lipinski definition) is 1. The van der Waals surface area contributed by atoms with Crippen LogP contribution in [0, 0.1) is 6.92 Å². The van der Waals surface area contributed by atoms with Crippen LogP contribution >= 0.6 is 0 Å². The van der Waals surface area contributed by atoms with Gasteiger partial charge in [-0.05, 0) is 31.9 Å². The fourth-order valence-corrected chi connectivity index (χ4v) is 2.50. The van der Waals surface area contributed by atoms with Crippen LogP contribution in [-0.2, 0) is 17.8 Å². The quantitative estimate of drug-likeness (QED) is 0.603. The lowest BCUT2D eigenvalue weighted by Crippen LogP contribution is -2.27. The van der Waals surface area contributed by atoms with Gasteiger partial charge < -0.3 is 9.84 Å². The van der Waals surface area contributed by atoms with E-state index in [1.54, 1.807) is 25.3 Å². The van der Waals surface area contributed by atoms with Crippen molar-refractivity contribution in [1.29, 1.82) is 0 Å². The van der Waals surface area contributed by atoms with Gasteiger partial charge in [-0.1, -0.05) is 11.2 Å². The Labute approximate surface area is 143 Å². The summed E-state index contributed by atoms with van der Waals surface area (Å²) in [4.78, 5) is 28.0. The molecule has 0 aliphatic rings. The molecule has 132 valence electrons. The second-order valence-corrected chi connectivity index (χ2v) is 5.73. The van der Waals surface area contributed by atoms with Gasteiger partial charge in [0, 0.05) is 32.1 Å². The van der Waals surface area contributed by atoms with Gasteiger partial charge in [0.1, 0.15) is 0 Å². The summed E-state index contributed by atoms with van der Waals surface area (Å²) in [5.74, 6) is 1.12. The van der Waals surface area contributed by atoms with Crippen molar-refractivity contribution in [3.05, 3.63) is 46.6 Å². The molecule has 0 saturated heterocycles.